The largest absolute Gasteiger partial charge is 0.452 e. The first-order valence-electron chi connectivity index (χ1n) is 4.59. The number of alkyl halides is 3. The molecule has 0 spiro atoms. The van der Waals surface area contributed by atoms with Crippen molar-refractivity contribution in [1.29, 1.82) is 0 Å². The lowest BCUT2D eigenvalue weighted by molar-refractivity contribution is -0.145. The average molecular weight is 230 g/mol. The fourth-order valence-electron chi connectivity index (χ4n) is 1.51. The highest BCUT2D eigenvalue weighted by molar-refractivity contribution is 5.40. The molecule has 16 heavy (non-hydrogen) atoms. The molecule has 0 aliphatic carbocycles. The van der Waals surface area contributed by atoms with Crippen LogP contribution in [0.3, 0.4) is 0 Å². The van der Waals surface area contributed by atoms with Gasteiger partial charge in [0.05, 0.1) is 0 Å². The smallest absolute Gasteiger partial charge is 0.314 e. The van der Waals surface area contributed by atoms with Crippen molar-refractivity contribution < 1.29 is 13.2 Å². The molecule has 0 aliphatic heterocycles. The van der Waals surface area contributed by atoms with Gasteiger partial charge in [0, 0.05) is 12.2 Å². The molecule has 0 fully saturated rings. The third kappa shape index (κ3) is 1.73. The molecule has 0 saturated carbocycles. The van der Waals surface area contributed by atoms with E-state index in [1.807, 2.05) is 0 Å². The van der Waals surface area contributed by atoms with Crippen LogP contribution in [0.1, 0.15) is 11.5 Å². The highest BCUT2D eigenvalue weighted by atomic mass is 19.4. The number of pyridine rings is 1. The van der Waals surface area contributed by atoms with E-state index >= 15 is 0 Å². The van der Waals surface area contributed by atoms with Crippen LogP contribution in [0.4, 0.5) is 13.2 Å². The molecule has 0 unspecified atom stereocenters. The Kier molecular flexibility index (Phi) is 2.55. The van der Waals surface area contributed by atoms with Gasteiger partial charge in [-0.2, -0.15) is 13.2 Å². The van der Waals surface area contributed by atoms with Crippen molar-refractivity contribution in [2.24, 2.45) is 0 Å². The molecule has 4 nitrogen and oxygen atoms in total. The van der Waals surface area contributed by atoms with E-state index in [0.29, 0.717) is 12.2 Å². The Hall–Kier alpha value is -1.63. The molecule has 2 rings (SSSR count). The van der Waals surface area contributed by atoms with E-state index in [9.17, 15) is 13.2 Å². The summed E-state index contributed by atoms with van der Waals surface area (Å²) >= 11 is 0. The molecule has 1 N–H and O–H groups in total. The topological polar surface area (TPSA) is 42.2 Å². The minimum absolute atomic E-state index is 0.195. The van der Waals surface area contributed by atoms with Crippen molar-refractivity contribution in [2.45, 2.75) is 12.7 Å². The molecule has 7 heteroatoms. The summed E-state index contributed by atoms with van der Waals surface area (Å²) in [6.07, 6.45) is -4.50. The molecule has 2 heterocycles. The monoisotopic (exact) mass is 230 g/mol. The van der Waals surface area contributed by atoms with Gasteiger partial charge in [0.2, 0.25) is 5.82 Å². The van der Waals surface area contributed by atoms with Gasteiger partial charge in [0.25, 0.3) is 0 Å². The molecular weight excluding hydrogens is 221 g/mol. The van der Waals surface area contributed by atoms with Crippen LogP contribution in [0, 0.1) is 0 Å². The second-order valence-electron chi connectivity index (χ2n) is 3.26. The molecule has 2 aromatic heterocycles. The van der Waals surface area contributed by atoms with E-state index in [-0.39, 0.29) is 5.65 Å². The Balaban J connectivity index is 2.68. The second kappa shape index (κ2) is 3.75. The van der Waals surface area contributed by atoms with Gasteiger partial charge in [0.1, 0.15) is 0 Å². The molecule has 2 aromatic rings. The SMILES string of the molecule is CNCc1cccc2nnc(C(F)(F)F)n12. The number of aromatic nitrogens is 3. The standard InChI is InChI=1S/C9H9F3N4/c1-13-5-6-3-2-4-7-14-15-8(16(6)7)9(10,11)12/h2-4,13H,5H2,1H3. The number of nitrogens with one attached hydrogen (secondary N) is 1. The van der Waals surface area contributed by atoms with Crippen LogP contribution >= 0.6 is 0 Å². The van der Waals surface area contributed by atoms with Gasteiger partial charge in [0.15, 0.2) is 5.65 Å². The summed E-state index contributed by atoms with van der Waals surface area (Å²) in [6, 6.07) is 4.74. The number of fused-ring (bicyclic) bond motifs is 1. The Morgan fingerprint density at radius 3 is 2.69 bits per heavy atom. The maximum absolute atomic E-state index is 12.6. The zero-order chi connectivity index (χ0) is 11.8. The third-order valence-electron chi connectivity index (χ3n) is 2.12. The fourth-order valence-corrected chi connectivity index (χ4v) is 1.51. The maximum Gasteiger partial charge on any atom is 0.452 e. The minimum Gasteiger partial charge on any atom is -0.314 e. The summed E-state index contributed by atoms with van der Waals surface area (Å²) in [5.74, 6) is -0.992. The molecule has 0 bridgehead atoms. The third-order valence-corrected chi connectivity index (χ3v) is 2.12. The lowest BCUT2D eigenvalue weighted by Crippen LogP contribution is -2.16. The molecule has 0 radical (unpaired) electrons. The van der Waals surface area contributed by atoms with Gasteiger partial charge >= 0.3 is 6.18 Å². The molecule has 86 valence electrons. The summed E-state index contributed by atoms with van der Waals surface area (Å²) in [6.45, 7) is 0.318. The highest BCUT2D eigenvalue weighted by Crippen LogP contribution is 2.28. The molecule has 0 amide bonds. The van der Waals surface area contributed by atoms with E-state index in [1.165, 1.54) is 6.07 Å². The quantitative estimate of drug-likeness (QED) is 0.849. The van der Waals surface area contributed by atoms with E-state index in [4.69, 9.17) is 0 Å². The normalized spacial score (nSPS) is 12.2. The molecule has 0 aromatic carbocycles. The van der Waals surface area contributed by atoms with Crippen LogP contribution in [0.2, 0.25) is 0 Å². The van der Waals surface area contributed by atoms with Gasteiger partial charge in [-0.3, -0.25) is 4.40 Å². The van der Waals surface area contributed by atoms with Gasteiger partial charge in [-0.25, -0.2) is 0 Å². The zero-order valence-electron chi connectivity index (χ0n) is 8.41. The van der Waals surface area contributed by atoms with Crippen molar-refractivity contribution in [1.82, 2.24) is 19.9 Å². The first kappa shape index (κ1) is 10.9. The summed E-state index contributed by atoms with van der Waals surface area (Å²) < 4.78 is 38.9. The van der Waals surface area contributed by atoms with Crippen LogP contribution in [0.5, 0.6) is 0 Å². The van der Waals surface area contributed by atoms with Crippen molar-refractivity contribution in [3.63, 3.8) is 0 Å². The number of rotatable bonds is 2. The summed E-state index contributed by atoms with van der Waals surface area (Å²) in [7, 11) is 1.66. The van der Waals surface area contributed by atoms with Crippen LogP contribution in [-0.4, -0.2) is 21.6 Å². The van der Waals surface area contributed by atoms with Crippen molar-refractivity contribution in [2.75, 3.05) is 7.05 Å². The predicted molar refractivity (Wildman–Crippen MR) is 50.8 cm³/mol. The van der Waals surface area contributed by atoms with E-state index in [2.05, 4.69) is 15.5 Å². The predicted octanol–water partition coefficient (Wildman–Crippen LogP) is 1.47. The number of hydrogen-bond donors (Lipinski definition) is 1. The van der Waals surface area contributed by atoms with Gasteiger partial charge in [-0.05, 0) is 19.2 Å². The van der Waals surface area contributed by atoms with E-state index in [1.54, 1.807) is 19.2 Å². The zero-order valence-corrected chi connectivity index (χ0v) is 8.41. The lowest BCUT2D eigenvalue weighted by Gasteiger charge is -2.08. The van der Waals surface area contributed by atoms with Crippen LogP contribution in [-0.2, 0) is 12.7 Å². The van der Waals surface area contributed by atoms with Crippen molar-refractivity contribution in [3.05, 3.63) is 29.7 Å². The maximum atomic E-state index is 12.6. The second-order valence-corrected chi connectivity index (χ2v) is 3.26. The Morgan fingerprint density at radius 1 is 1.31 bits per heavy atom. The van der Waals surface area contributed by atoms with E-state index in [0.717, 1.165) is 4.40 Å². The molecule has 0 saturated heterocycles. The highest BCUT2D eigenvalue weighted by Gasteiger charge is 2.37. The Labute approximate surface area is 89.1 Å². The number of halogens is 3. The minimum atomic E-state index is -4.50. The number of nitrogens with zero attached hydrogens (tertiary/aromatic N) is 3. The van der Waals surface area contributed by atoms with Gasteiger partial charge < -0.3 is 5.32 Å². The average Bonchev–Trinajstić information content (AvgIpc) is 2.62. The van der Waals surface area contributed by atoms with Gasteiger partial charge in [-0.15, -0.1) is 10.2 Å². The summed E-state index contributed by atoms with van der Waals surface area (Å²) in [4.78, 5) is 0. The molecule has 0 atom stereocenters. The first-order valence-corrected chi connectivity index (χ1v) is 4.59. The number of hydrogen-bond acceptors (Lipinski definition) is 3. The van der Waals surface area contributed by atoms with Crippen molar-refractivity contribution in [3.8, 4) is 0 Å². The van der Waals surface area contributed by atoms with Crippen LogP contribution in [0.25, 0.3) is 5.65 Å². The Morgan fingerprint density at radius 2 is 2.06 bits per heavy atom. The van der Waals surface area contributed by atoms with E-state index < -0.39 is 12.0 Å². The first-order chi connectivity index (χ1) is 7.54. The van der Waals surface area contributed by atoms with Crippen molar-refractivity contribution >= 4 is 5.65 Å². The lowest BCUT2D eigenvalue weighted by atomic mass is 10.3. The van der Waals surface area contributed by atoms with Crippen LogP contribution < -0.4 is 5.32 Å². The van der Waals surface area contributed by atoms with Crippen LogP contribution in [0.15, 0.2) is 18.2 Å². The fraction of sp³-hybridized carbons (Fsp3) is 0.333. The molecular formula is C9H9F3N4. The molecule has 0 aliphatic rings. The Bertz CT molecular complexity index is 503. The summed E-state index contributed by atoms with van der Waals surface area (Å²) in [5.41, 5.74) is 0.664. The summed E-state index contributed by atoms with van der Waals surface area (Å²) in [5, 5.41) is 9.46. The van der Waals surface area contributed by atoms with Gasteiger partial charge in [-0.1, -0.05) is 6.07 Å².